The van der Waals surface area contributed by atoms with Crippen molar-refractivity contribution in [3.63, 3.8) is 0 Å². The molecule has 0 saturated carbocycles. The van der Waals surface area contributed by atoms with E-state index < -0.39 is 5.92 Å². The third-order valence-electron chi connectivity index (χ3n) is 6.44. The number of hydrogen-bond donors (Lipinski definition) is 1. The number of allylic oxidation sites excluding steroid dienone is 1. The maximum atomic E-state index is 14.2. The van der Waals surface area contributed by atoms with E-state index in [-0.39, 0.29) is 29.5 Å². The lowest BCUT2D eigenvalue weighted by Crippen LogP contribution is -2.50. The van der Waals surface area contributed by atoms with Crippen molar-refractivity contribution in [1.29, 1.82) is 0 Å². The molecular weight excluding hydrogens is 483 g/mol. The smallest absolute Gasteiger partial charge is 0.291 e. The molecule has 0 aliphatic carbocycles. The Morgan fingerprint density at radius 1 is 1.32 bits per heavy atom. The summed E-state index contributed by atoms with van der Waals surface area (Å²) < 4.78 is 30.2. The number of carbonyl (C=O) groups excluding carboxylic acids is 1. The molecule has 1 N–H and O–H groups in total. The van der Waals surface area contributed by atoms with E-state index in [2.05, 4.69) is 11.6 Å². The number of fused-ring (bicyclic) bond motifs is 1. The zero-order valence-electron chi connectivity index (χ0n) is 18.9. The van der Waals surface area contributed by atoms with Crippen molar-refractivity contribution in [3.05, 3.63) is 75.0 Å². The van der Waals surface area contributed by atoms with Gasteiger partial charge < -0.3 is 14.6 Å². The lowest BCUT2D eigenvalue weighted by Gasteiger charge is -2.39. The van der Waals surface area contributed by atoms with Crippen LogP contribution in [0.25, 0.3) is 11.0 Å². The van der Waals surface area contributed by atoms with E-state index in [1.807, 2.05) is 0 Å². The van der Waals surface area contributed by atoms with E-state index in [4.69, 9.17) is 28.3 Å². The molecule has 1 fully saturated rings. The van der Waals surface area contributed by atoms with Crippen molar-refractivity contribution in [2.45, 2.75) is 25.7 Å². The molecule has 0 atom stereocenters. The molecule has 1 aliphatic heterocycles. The van der Waals surface area contributed by atoms with E-state index in [9.17, 15) is 13.6 Å². The molecule has 0 unspecified atom stereocenters. The number of halogens is 4. The molecular formula is C25H25Cl2F2N3O2. The minimum Gasteiger partial charge on any atom is -0.396 e. The first-order valence-corrected chi connectivity index (χ1v) is 11.7. The molecule has 2 aromatic carbocycles. The Labute approximate surface area is 206 Å². The van der Waals surface area contributed by atoms with Crippen LogP contribution in [0.3, 0.4) is 0 Å². The van der Waals surface area contributed by atoms with E-state index >= 15 is 0 Å². The van der Waals surface area contributed by atoms with E-state index in [1.165, 1.54) is 12.1 Å². The summed E-state index contributed by atoms with van der Waals surface area (Å²) in [6.07, 6.45) is 1.51. The summed E-state index contributed by atoms with van der Waals surface area (Å²) in [5.41, 5.74) is 2.53. The van der Waals surface area contributed by atoms with Gasteiger partial charge in [-0.1, -0.05) is 29.8 Å². The summed E-state index contributed by atoms with van der Waals surface area (Å²) in [6, 6.07) is 6.07. The molecule has 1 aromatic heterocycles. The number of aliphatic hydroxyl groups excluding tert-OH is 1. The maximum Gasteiger partial charge on any atom is 0.291 e. The van der Waals surface area contributed by atoms with Crippen molar-refractivity contribution in [3.8, 4) is 0 Å². The SMILES string of the molecule is C=CC(F)(F)c1cc(C)c2nc(Cc3c(Cl)ccc(C(=O)N4CC(CCO)C4)c3Cl)n(C)c2c1. The second-order valence-corrected chi connectivity index (χ2v) is 9.51. The summed E-state index contributed by atoms with van der Waals surface area (Å²) in [5, 5.41) is 9.72. The number of aryl methyl sites for hydroxylation is 2. The quantitative estimate of drug-likeness (QED) is 0.428. The van der Waals surface area contributed by atoms with E-state index in [0.717, 1.165) is 0 Å². The fourth-order valence-corrected chi connectivity index (χ4v) is 4.91. The van der Waals surface area contributed by atoms with Gasteiger partial charge in [-0.05, 0) is 60.7 Å². The Morgan fingerprint density at radius 2 is 2.03 bits per heavy atom. The summed E-state index contributed by atoms with van der Waals surface area (Å²) >= 11 is 13.1. The van der Waals surface area contributed by atoms with Crippen LogP contribution < -0.4 is 0 Å². The Hall–Kier alpha value is -2.48. The Balaban J connectivity index is 1.68. The number of alkyl halides is 2. The third kappa shape index (κ3) is 4.32. The van der Waals surface area contributed by atoms with Crippen molar-refractivity contribution in [2.24, 2.45) is 13.0 Å². The lowest BCUT2D eigenvalue weighted by atomic mass is 9.95. The van der Waals surface area contributed by atoms with Crippen molar-refractivity contribution in [1.82, 2.24) is 14.5 Å². The Kier molecular flexibility index (Phi) is 6.73. The van der Waals surface area contributed by atoms with Gasteiger partial charge in [-0.2, -0.15) is 8.78 Å². The van der Waals surface area contributed by atoms with Crippen LogP contribution in [0.2, 0.25) is 10.0 Å². The van der Waals surface area contributed by atoms with Gasteiger partial charge in [0.15, 0.2) is 0 Å². The highest BCUT2D eigenvalue weighted by Gasteiger charge is 2.32. The zero-order valence-corrected chi connectivity index (χ0v) is 20.4. The topological polar surface area (TPSA) is 58.4 Å². The number of aliphatic hydroxyl groups is 1. The van der Waals surface area contributed by atoms with Crippen LogP contribution in [0, 0.1) is 12.8 Å². The van der Waals surface area contributed by atoms with Gasteiger partial charge in [0, 0.05) is 43.8 Å². The number of carbonyl (C=O) groups is 1. The number of nitrogens with zero attached hydrogens (tertiary/aromatic N) is 3. The second kappa shape index (κ2) is 9.29. The molecule has 1 aliphatic rings. The van der Waals surface area contributed by atoms with Gasteiger partial charge in [0.1, 0.15) is 5.82 Å². The van der Waals surface area contributed by atoms with Crippen LogP contribution in [-0.2, 0) is 19.4 Å². The van der Waals surface area contributed by atoms with Crippen LogP contribution in [0.4, 0.5) is 8.78 Å². The largest absolute Gasteiger partial charge is 0.396 e. The van der Waals surface area contributed by atoms with Crippen LogP contribution in [0.1, 0.15) is 39.3 Å². The van der Waals surface area contributed by atoms with Crippen LogP contribution in [-0.4, -0.2) is 45.2 Å². The molecule has 1 amide bonds. The molecule has 5 nitrogen and oxygen atoms in total. The number of hydrogen-bond acceptors (Lipinski definition) is 3. The first-order chi connectivity index (χ1) is 16.1. The van der Waals surface area contributed by atoms with Gasteiger partial charge in [0.05, 0.1) is 21.6 Å². The van der Waals surface area contributed by atoms with Crippen LogP contribution in [0.15, 0.2) is 36.9 Å². The molecule has 34 heavy (non-hydrogen) atoms. The van der Waals surface area contributed by atoms with Crippen molar-refractivity contribution in [2.75, 3.05) is 19.7 Å². The highest BCUT2D eigenvalue weighted by atomic mass is 35.5. The number of imidazole rings is 1. The fraction of sp³-hybridized carbons (Fsp3) is 0.360. The van der Waals surface area contributed by atoms with E-state index in [0.29, 0.717) is 70.1 Å². The number of likely N-dealkylation sites (tertiary alicyclic amines) is 1. The molecule has 0 bridgehead atoms. The normalized spacial score (nSPS) is 14.5. The fourth-order valence-electron chi connectivity index (χ4n) is 4.33. The van der Waals surface area contributed by atoms with Crippen molar-refractivity contribution < 1.29 is 18.7 Å². The molecule has 2 heterocycles. The monoisotopic (exact) mass is 507 g/mol. The molecule has 0 radical (unpaired) electrons. The first kappa shape index (κ1) is 24.6. The van der Waals surface area contributed by atoms with E-state index in [1.54, 1.807) is 35.6 Å². The van der Waals surface area contributed by atoms with Gasteiger partial charge in [-0.3, -0.25) is 4.79 Å². The molecule has 0 spiro atoms. The third-order valence-corrected chi connectivity index (χ3v) is 7.23. The molecule has 9 heteroatoms. The molecule has 1 saturated heterocycles. The standard InChI is InChI=1S/C25H25Cl2F2N3O2/c1-4-25(28,29)16-9-14(2)23-20(10-16)31(3)21(30-23)11-18-19(26)6-5-17(22(18)27)24(34)32-12-15(13-32)7-8-33/h4-6,9-10,15,33H,1,7-8,11-13H2,2-3H3. The summed E-state index contributed by atoms with van der Waals surface area (Å²) in [6.45, 7) is 6.23. The molecule has 3 aromatic rings. The highest BCUT2D eigenvalue weighted by Crippen LogP contribution is 2.35. The van der Waals surface area contributed by atoms with Crippen molar-refractivity contribution >= 4 is 40.1 Å². The predicted octanol–water partition coefficient (Wildman–Crippen LogP) is 5.51. The average molecular weight is 508 g/mol. The number of benzene rings is 2. The van der Waals surface area contributed by atoms with Gasteiger partial charge in [-0.15, -0.1) is 0 Å². The maximum absolute atomic E-state index is 14.2. The zero-order chi connectivity index (χ0) is 24.8. The van der Waals surface area contributed by atoms with Crippen LogP contribution >= 0.6 is 23.2 Å². The Bertz CT molecular complexity index is 1280. The van der Waals surface area contributed by atoms with Gasteiger partial charge in [-0.25, -0.2) is 4.98 Å². The first-order valence-electron chi connectivity index (χ1n) is 10.9. The Morgan fingerprint density at radius 3 is 2.68 bits per heavy atom. The number of amides is 1. The van der Waals surface area contributed by atoms with Gasteiger partial charge in [0.25, 0.3) is 11.8 Å². The average Bonchev–Trinajstić information content (AvgIpc) is 3.09. The lowest BCUT2D eigenvalue weighted by molar-refractivity contribution is 0.0448. The molecule has 180 valence electrons. The molecule has 4 rings (SSSR count). The summed E-state index contributed by atoms with van der Waals surface area (Å²) in [7, 11) is 1.75. The second-order valence-electron chi connectivity index (χ2n) is 8.73. The van der Waals surface area contributed by atoms with Gasteiger partial charge in [0.2, 0.25) is 0 Å². The predicted molar refractivity (Wildman–Crippen MR) is 130 cm³/mol. The number of rotatable bonds is 7. The highest BCUT2D eigenvalue weighted by molar-refractivity contribution is 6.38. The minimum atomic E-state index is -3.16. The van der Waals surface area contributed by atoms with Crippen LogP contribution in [0.5, 0.6) is 0 Å². The summed E-state index contributed by atoms with van der Waals surface area (Å²) in [5.74, 6) is -2.47. The number of aromatic nitrogens is 2. The minimum absolute atomic E-state index is 0.1000. The summed E-state index contributed by atoms with van der Waals surface area (Å²) in [4.78, 5) is 19.3. The van der Waals surface area contributed by atoms with Gasteiger partial charge >= 0.3 is 0 Å².